The minimum atomic E-state index is 0.318. The van der Waals surface area contributed by atoms with Gasteiger partial charge in [-0.05, 0) is 25.5 Å². The average Bonchev–Trinajstić information content (AvgIpc) is 2.73. The second kappa shape index (κ2) is 4.90. The Morgan fingerprint density at radius 1 is 1.28 bits per heavy atom. The number of aromatic nitrogens is 3. The third kappa shape index (κ3) is 2.29. The highest BCUT2D eigenvalue weighted by atomic mass is 15.4. The van der Waals surface area contributed by atoms with Gasteiger partial charge in [0.05, 0.1) is 12.2 Å². The average molecular weight is 244 g/mol. The van der Waals surface area contributed by atoms with Crippen molar-refractivity contribution >= 4 is 0 Å². The van der Waals surface area contributed by atoms with Crippen LogP contribution < -0.4 is 5.73 Å². The Hall–Kier alpha value is -1.68. The molecule has 1 aromatic carbocycles. The van der Waals surface area contributed by atoms with Gasteiger partial charge in [0.25, 0.3) is 0 Å². The van der Waals surface area contributed by atoms with Crippen LogP contribution in [0.1, 0.15) is 42.5 Å². The quantitative estimate of drug-likeness (QED) is 0.902. The van der Waals surface area contributed by atoms with E-state index in [2.05, 4.69) is 56.0 Å². The van der Waals surface area contributed by atoms with Crippen molar-refractivity contribution in [1.29, 1.82) is 0 Å². The molecule has 4 heteroatoms. The van der Waals surface area contributed by atoms with Crippen molar-refractivity contribution in [2.75, 3.05) is 0 Å². The lowest BCUT2D eigenvalue weighted by Gasteiger charge is -2.11. The molecule has 18 heavy (non-hydrogen) atoms. The lowest BCUT2D eigenvalue weighted by Crippen LogP contribution is -2.06. The van der Waals surface area contributed by atoms with Crippen LogP contribution in [0.25, 0.3) is 5.69 Å². The first kappa shape index (κ1) is 12.8. The highest BCUT2D eigenvalue weighted by molar-refractivity contribution is 5.42. The van der Waals surface area contributed by atoms with E-state index in [0.717, 1.165) is 11.5 Å². The van der Waals surface area contributed by atoms with E-state index in [9.17, 15) is 0 Å². The molecule has 0 atom stereocenters. The number of aryl methyl sites for hydroxylation is 2. The van der Waals surface area contributed by atoms with Crippen LogP contribution in [0.5, 0.6) is 0 Å². The Balaban J connectivity index is 2.58. The first-order chi connectivity index (χ1) is 8.52. The minimum absolute atomic E-state index is 0.318. The van der Waals surface area contributed by atoms with Crippen molar-refractivity contribution in [2.24, 2.45) is 5.73 Å². The highest BCUT2D eigenvalue weighted by Gasteiger charge is 2.15. The molecule has 0 saturated heterocycles. The molecule has 0 spiro atoms. The van der Waals surface area contributed by atoms with Gasteiger partial charge in [-0.3, -0.25) is 0 Å². The van der Waals surface area contributed by atoms with E-state index in [1.807, 2.05) is 4.68 Å². The molecule has 96 valence electrons. The molecule has 2 N–H and O–H groups in total. The van der Waals surface area contributed by atoms with E-state index in [1.165, 1.54) is 11.1 Å². The maximum Gasteiger partial charge on any atom is 0.164 e. The summed E-state index contributed by atoms with van der Waals surface area (Å²) in [6, 6.07) is 6.34. The predicted molar refractivity (Wildman–Crippen MR) is 72.8 cm³/mol. The van der Waals surface area contributed by atoms with Crippen LogP contribution >= 0.6 is 0 Å². The van der Waals surface area contributed by atoms with Crippen LogP contribution in [0, 0.1) is 13.8 Å². The largest absolute Gasteiger partial charge is 0.324 e. The molecule has 2 aromatic rings. The van der Waals surface area contributed by atoms with E-state index >= 15 is 0 Å². The zero-order valence-electron chi connectivity index (χ0n) is 11.4. The molecule has 0 bridgehead atoms. The van der Waals surface area contributed by atoms with Gasteiger partial charge in [-0.15, -0.1) is 5.10 Å². The fraction of sp³-hybridized carbons (Fsp3) is 0.429. The van der Waals surface area contributed by atoms with Gasteiger partial charge < -0.3 is 5.73 Å². The van der Waals surface area contributed by atoms with Crippen LogP contribution in [0.15, 0.2) is 18.2 Å². The van der Waals surface area contributed by atoms with Crippen molar-refractivity contribution in [3.05, 3.63) is 41.0 Å². The van der Waals surface area contributed by atoms with Gasteiger partial charge >= 0.3 is 0 Å². The second-order valence-corrected chi connectivity index (χ2v) is 4.95. The molecule has 0 unspecified atom stereocenters. The summed E-state index contributed by atoms with van der Waals surface area (Å²) < 4.78 is 1.92. The van der Waals surface area contributed by atoms with Crippen LogP contribution in [0.2, 0.25) is 0 Å². The van der Waals surface area contributed by atoms with Crippen molar-refractivity contribution in [3.63, 3.8) is 0 Å². The van der Waals surface area contributed by atoms with Crippen molar-refractivity contribution < 1.29 is 0 Å². The molecule has 0 radical (unpaired) electrons. The van der Waals surface area contributed by atoms with Crippen LogP contribution in [-0.4, -0.2) is 14.8 Å². The topological polar surface area (TPSA) is 56.7 Å². The van der Waals surface area contributed by atoms with Crippen LogP contribution in [0.3, 0.4) is 0 Å². The molecule has 0 aliphatic heterocycles. The molecule has 1 aromatic heterocycles. The summed E-state index contributed by atoms with van der Waals surface area (Å²) in [5, 5.41) is 4.49. The molecule has 4 nitrogen and oxygen atoms in total. The summed E-state index contributed by atoms with van der Waals surface area (Å²) in [5.41, 5.74) is 9.17. The van der Waals surface area contributed by atoms with Crippen molar-refractivity contribution in [3.8, 4) is 5.69 Å². The Morgan fingerprint density at radius 3 is 2.56 bits per heavy atom. The maximum atomic E-state index is 5.63. The molecule has 1 heterocycles. The fourth-order valence-corrected chi connectivity index (χ4v) is 2.05. The first-order valence-electron chi connectivity index (χ1n) is 6.26. The van der Waals surface area contributed by atoms with Gasteiger partial charge in [0.15, 0.2) is 5.82 Å². The molecule has 0 amide bonds. The lowest BCUT2D eigenvalue weighted by atomic mass is 10.1. The molecule has 2 rings (SSSR count). The normalized spacial score (nSPS) is 11.2. The summed E-state index contributed by atoms with van der Waals surface area (Å²) in [6.07, 6.45) is 0. The van der Waals surface area contributed by atoms with Gasteiger partial charge in [0.1, 0.15) is 5.82 Å². The van der Waals surface area contributed by atoms with E-state index in [0.29, 0.717) is 18.3 Å². The summed E-state index contributed by atoms with van der Waals surface area (Å²) in [5.74, 6) is 1.97. The third-order valence-corrected chi connectivity index (χ3v) is 2.96. The Bertz CT molecular complexity index is 555. The summed E-state index contributed by atoms with van der Waals surface area (Å²) in [7, 11) is 0. The maximum absolute atomic E-state index is 5.63. The number of benzene rings is 1. The smallest absolute Gasteiger partial charge is 0.164 e. The van der Waals surface area contributed by atoms with E-state index in [-0.39, 0.29) is 0 Å². The van der Waals surface area contributed by atoms with E-state index in [1.54, 1.807) is 0 Å². The van der Waals surface area contributed by atoms with E-state index < -0.39 is 0 Å². The third-order valence-electron chi connectivity index (χ3n) is 2.96. The number of rotatable bonds is 3. The van der Waals surface area contributed by atoms with Gasteiger partial charge in [-0.2, -0.15) is 0 Å². The fourth-order valence-electron chi connectivity index (χ4n) is 2.05. The number of nitrogens with two attached hydrogens (primary N) is 1. The second-order valence-electron chi connectivity index (χ2n) is 4.95. The SMILES string of the molecule is Cc1ccc(-n2nc(CN)nc2C(C)C)c(C)c1. The minimum Gasteiger partial charge on any atom is -0.324 e. The highest BCUT2D eigenvalue weighted by Crippen LogP contribution is 2.20. The summed E-state index contributed by atoms with van der Waals surface area (Å²) >= 11 is 0. The monoisotopic (exact) mass is 244 g/mol. The van der Waals surface area contributed by atoms with Gasteiger partial charge in [0, 0.05) is 5.92 Å². The number of hydrogen-bond acceptors (Lipinski definition) is 3. The van der Waals surface area contributed by atoms with Crippen molar-refractivity contribution in [1.82, 2.24) is 14.8 Å². The predicted octanol–water partition coefficient (Wildman–Crippen LogP) is 2.47. The van der Waals surface area contributed by atoms with Crippen molar-refractivity contribution in [2.45, 2.75) is 40.2 Å². The molecule has 0 saturated carbocycles. The Kier molecular flexibility index (Phi) is 3.48. The standard InChI is InChI=1S/C14H20N4/c1-9(2)14-16-13(8-15)17-18(14)12-6-5-10(3)7-11(12)4/h5-7,9H,8,15H2,1-4H3. The lowest BCUT2D eigenvalue weighted by molar-refractivity contribution is 0.710. The zero-order valence-corrected chi connectivity index (χ0v) is 11.4. The molecular weight excluding hydrogens is 224 g/mol. The molecule has 0 fully saturated rings. The molecule has 0 aliphatic carbocycles. The Labute approximate surface area is 108 Å². The van der Waals surface area contributed by atoms with Crippen LogP contribution in [0.4, 0.5) is 0 Å². The van der Waals surface area contributed by atoms with E-state index in [4.69, 9.17) is 5.73 Å². The van der Waals surface area contributed by atoms with Gasteiger partial charge in [-0.25, -0.2) is 9.67 Å². The van der Waals surface area contributed by atoms with Gasteiger partial charge in [-0.1, -0.05) is 31.5 Å². The number of nitrogens with zero attached hydrogens (tertiary/aromatic N) is 3. The van der Waals surface area contributed by atoms with Crippen LogP contribution in [-0.2, 0) is 6.54 Å². The Morgan fingerprint density at radius 2 is 2.00 bits per heavy atom. The summed E-state index contributed by atoms with van der Waals surface area (Å²) in [4.78, 5) is 4.49. The molecular formula is C14H20N4. The zero-order chi connectivity index (χ0) is 13.3. The number of hydrogen-bond donors (Lipinski definition) is 1. The molecule has 0 aliphatic rings. The van der Waals surface area contributed by atoms with Gasteiger partial charge in [0.2, 0.25) is 0 Å². The summed E-state index contributed by atoms with van der Waals surface area (Å²) in [6.45, 7) is 8.79. The first-order valence-corrected chi connectivity index (χ1v) is 6.26.